The summed E-state index contributed by atoms with van der Waals surface area (Å²) < 4.78 is 6.55. The van der Waals surface area contributed by atoms with Crippen LogP contribution in [0.2, 0.25) is 0 Å². The maximum absolute atomic E-state index is 12.2. The predicted octanol–water partition coefficient (Wildman–Crippen LogP) is 2.80. The lowest BCUT2D eigenvalue weighted by molar-refractivity contribution is -0.116. The minimum atomic E-state index is -0.287. The van der Waals surface area contributed by atoms with Crippen molar-refractivity contribution >= 4 is 11.6 Å². The van der Waals surface area contributed by atoms with Gasteiger partial charge in [-0.15, -0.1) is 0 Å². The Morgan fingerprint density at radius 1 is 1.19 bits per heavy atom. The van der Waals surface area contributed by atoms with Crippen LogP contribution < -0.4 is 10.9 Å². The molecule has 0 bridgehead atoms. The molecule has 0 aliphatic carbocycles. The lowest BCUT2D eigenvalue weighted by atomic mass is 10.2. The van der Waals surface area contributed by atoms with Crippen molar-refractivity contribution in [1.29, 1.82) is 0 Å². The van der Waals surface area contributed by atoms with Gasteiger partial charge < -0.3 is 14.4 Å². The summed E-state index contributed by atoms with van der Waals surface area (Å²) in [5, 5.41) is 6.68. The van der Waals surface area contributed by atoms with E-state index in [2.05, 4.69) is 15.5 Å². The molecule has 0 aliphatic rings. The Morgan fingerprint density at radius 2 is 1.96 bits per heavy atom. The molecule has 1 aromatic carbocycles. The second-order valence-corrected chi connectivity index (χ2v) is 6.06. The Labute approximate surface area is 150 Å². The molecule has 3 aromatic rings. The van der Waals surface area contributed by atoms with Gasteiger partial charge >= 0.3 is 0 Å². The van der Waals surface area contributed by atoms with Gasteiger partial charge in [0.25, 0.3) is 11.4 Å². The summed E-state index contributed by atoms with van der Waals surface area (Å²) in [6.45, 7) is 3.90. The van der Waals surface area contributed by atoms with Crippen LogP contribution in [0.15, 0.2) is 51.9 Å². The maximum Gasteiger partial charge on any atom is 0.259 e. The number of carbonyl (C=O) groups is 1. The lowest BCUT2D eigenvalue weighted by Gasteiger charge is -2.08. The SMILES string of the molecule is CCCc1noc(-c2ccc(=O)n(CC(=O)Nc3ccc(C)cc3)c2)n1. The van der Waals surface area contributed by atoms with Crippen LogP contribution in [0.1, 0.15) is 24.7 Å². The van der Waals surface area contributed by atoms with Crippen LogP contribution in [0.3, 0.4) is 0 Å². The highest BCUT2D eigenvalue weighted by Gasteiger charge is 2.11. The highest BCUT2D eigenvalue weighted by molar-refractivity contribution is 5.90. The first kappa shape index (κ1) is 17.6. The second-order valence-electron chi connectivity index (χ2n) is 6.06. The van der Waals surface area contributed by atoms with Crippen molar-refractivity contribution in [3.05, 3.63) is 64.3 Å². The fourth-order valence-electron chi connectivity index (χ4n) is 2.47. The molecule has 0 saturated heterocycles. The molecule has 1 amide bonds. The monoisotopic (exact) mass is 352 g/mol. The van der Waals surface area contributed by atoms with E-state index in [0.717, 1.165) is 18.4 Å². The first-order valence-electron chi connectivity index (χ1n) is 8.45. The largest absolute Gasteiger partial charge is 0.334 e. The summed E-state index contributed by atoms with van der Waals surface area (Å²) in [7, 11) is 0. The average Bonchev–Trinajstić information content (AvgIpc) is 3.08. The molecule has 0 spiro atoms. The minimum Gasteiger partial charge on any atom is -0.334 e. The quantitative estimate of drug-likeness (QED) is 0.737. The van der Waals surface area contributed by atoms with Crippen LogP contribution in [0.25, 0.3) is 11.5 Å². The van der Waals surface area contributed by atoms with Crippen LogP contribution in [-0.2, 0) is 17.8 Å². The molecule has 0 radical (unpaired) electrons. The van der Waals surface area contributed by atoms with Crippen LogP contribution in [-0.4, -0.2) is 20.6 Å². The van der Waals surface area contributed by atoms with Gasteiger partial charge in [-0.2, -0.15) is 4.98 Å². The number of anilines is 1. The Morgan fingerprint density at radius 3 is 2.69 bits per heavy atom. The fourth-order valence-corrected chi connectivity index (χ4v) is 2.47. The van der Waals surface area contributed by atoms with Crippen LogP contribution in [0, 0.1) is 6.92 Å². The van der Waals surface area contributed by atoms with E-state index in [0.29, 0.717) is 23.0 Å². The van der Waals surface area contributed by atoms with Gasteiger partial charge in [0, 0.05) is 24.4 Å². The van der Waals surface area contributed by atoms with E-state index in [-0.39, 0.29) is 18.0 Å². The Kier molecular flexibility index (Phi) is 5.26. The Hall–Kier alpha value is -3.22. The number of aryl methyl sites for hydroxylation is 2. The summed E-state index contributed by atoms with van der Waals surface area (Å²) in [4.78, 5) is 28.6. The van der Waals surface area contributed by atoms with E-state index < -0.39 is 0 Å². The number of amides is 1. The molecular weight excluding hydrogens is 332 g/mol. The zero-order valence-electron chi connectivity index (χ0n) is 14.7. The molecule has 134 valence electrons. The minimum absolute atomic E-state index is 0.101. The molecule has 0 saturated carbocycles. The zero-order chi connectivity index (χ0) is 18.5. The van der Waals surface area contributed by atoms with E-state index in [1.54, 1.807) is 12.3 Å². The van der Waals surface area contributed by atoms with Crippen molar-refractivity contribution in [2.24, 2.45) is 0 Å². The summed E-state index contributed by atoms with van der Waals surface area (Å²) in [6.07, 6.45) is 3.19. The average molecular weight is 352 g/mol. The number of carbonyl (C=O) groups excluding carboxylic acids is 1. The number of rotatable bonds is 6. The van der Waals surface area contributed by atoms with Crippen molar-refractivity contribution in [3.8, 4) is 11.5 Å². The van der Waals surface area contributed by atoms with E-state index in [1.807, 2.05) is 38.1 Å². The molecule has 26 heavy (non-hydrogen) atoms. The smallest absolute Gasteiger partial charge is 0.259 e. The van der Waals surface area contributed by atoms with Gasteiger partial charge in [-0.05, 0) is 31.5 Å². The number of hydrogen-bond donors (Lipinski definition) is 1. The fraction of sp³-hybridized carbons (Fsp3) is 0.263. The molecule has 1 N–H and O–H groups in total. The summed E-state index contributed by atoms with van der Waals surface area (Å²) in [5.74, 6) is 0.670. The normalized spacial score (nSPS) is 10.7. The number of nitrogens with one attached hydrogen (secondary N) is 1. The van der Waals surface area contributed by atoms with Crippen LogP contribution in [0.4, 0.5) is 5.69 Å². The van der Waals surface area contributed by atoms with E-state index >= 15 is 0 Å². The predicted molar refractivity (Wildman–Crippen MR) is 97.8 cm³/mol. The Balaban J connectivity index is 1.75. The molecular formula is C19H20N4O3. The lowest BCUT2D eigenvalue weighted by Crippen LogP contribution is -2.26. The second kappa shape index (κ2) is 7.77. The first-order valence-corrected chi connectivity index (χ1v) is 8.45. The van der Waals surface area contributed by atoms with E-state index in [1.165, 1.54) is 10.6 Å². The standard InChI is InChI=1S/C19H20N4O3/c1-3-4-16-21-19(26-22-16)14-7-10-18(25)23(11-14)12-17(24)20-15-8-5-13(2)6-9-15/h5-11H,3-4,12H2,1-2H3,(H,20,24). The van der Waals surface area contributed by atoms with Gasteiger partial charge in [-0.3, -0.25) is 9.59 Å². The van der Waals surface area contributed by atoms with Gasteiger partial charge in [0.05, 0.1) is 5.56 Å². The number of hydrogen-bond acceptors (Lipinski definition) is 5. The van der Waals surface area contributed by atoms with E-state index in [9.17, 15) is 9.59 Å². The third-order valence-corrected chi connectivity index (χ3v) is 3.82. The van der Waals surface area contributed by atoms with Gasteiger partial charge in [-0.1, -0.05) is 29.8 Å². The molecule has 0 atom stereocenters. The van der Waals surface area contributed by atoms with Gasteiger partial charge in [0.1, 0.15) is 6.54 Å². The Bertz CT molecular complexity index is 957. The molecule has 0 aliphatic heterocycles. The molecule has 3 rings (SSSR count). The number of aromatic nitrogens is 3. The third-order valence-electron chi connectivity index (χ3n) is 3.82. The highest BCUT2D eigenvalue weighted by Crippen LogP contribution is 2.16. The maximum atomic E-state index is 12.2. The molecule has 2 aromatic heterocycles. The van der Waals surface area contributed by atoms with Gasteiger partial charge in [0.2, 0.25) is 5.91 Å². The van der Waals surface area contributed by atoms with Gasteiger partial charge in [-0.25, -0.2) is 0 Å². The van der Waals surface area contributed by atoms with Crippen molar-refractivity contribution < 1.29 is 9.32 Å². The molecule has 7 nitrogen and oxygen atoms in total. The van der Waals surface area contributed by atoms with Gasteiger partial charge in [0.15, 0.2) is 5.82 Å². The van der Waals surface area contributed by atoms with E-state index in [4.69, 9.17) is 4.52 Å². The topological polar surface area (TPSA) is 90.0 Å². The summed E-state index contributed by atoms with van der Waals surface area (Å²) in [5.41, 5.74) is 2.11. The first-order chi connectivity index (χ1) is 12.5. The zero-order valence-corrected chi connectivity index (χ0v) is 14.7. The molecule has 0 fully saturated rings. The number of nitrogens with zero attached hydrogens (tertiary/aromatic N) is 3. The molecule has 0 unspecified atom stereocenters. The third kappa shape index (κ3) is 4.24. The molecule has 2 heterocycles. The van der Waals surface area contributed by atoms with Crippen LogP contribution in [0.5, 0.6) is 0 Å². The summed E-state index contributed by atoms with van der Waals surface area (Å²) in [6, 6.07) is 10.5. The highest BCUT2D eigenvalue weighted by atomic mass is 16.5. The number of pyridine rings is 1. The van der Waals surface area contributed by atoms with Crippen molar-refractivity contribution in [2.75, 3.05) is 5.32 Å². The van der Waals surface area contributed by atoms with Crippen molar-refractivity contribution in [2.45, 2.75) is 33.2 Å². The van der Waals surface area contributed by atoms with Crippen LogP contribution >= 0.6 is 0 Å². The molecule has 7 heteroatoms. The number of benzene rings is 1. The summed E-state index contributed by atoms with van der Waals surface area (Å²) >= 11 is 0. The van der Waals surface area contributed by atoms with Crippen molar-refractivity contribution in [3.63, 3.8) is 0 Å². The van der Waals surface area contributed by atoms with Crippen molar-refractivity contribution in [1.82, 2.24) is 14.7 Å².